The fourth-order valence-corrected chi connectivity index (χ4v) is 4.02. The summed E-state index contributed by atoms with van der Waals surface area (Å²) in [6, 6.07) is 4.12. The zero-order valence-electron chi connectivity index (χ0n) is 14.9. The lowest BCUT2D eigenvalue weighted by atomic mass is 9.88. The van der Waals surface area contributed by atoms with E-state index in [4.69, 9.17) is 4.98 Å². The zero-order valence-corrected chi connectivity index (χ0v) is 14.9. The van der Waals surface area contributed by atoms with Crippen LogP contribution in [0.4, 0.5) is 0 Å². The highest BCUT2D eigenvalue weighted by Gasteiger charge is 2.32. The van der Waals surface area contributed by atoms with E-state index in [9.17, 15) is 9.59 Å². The number of pyridine rings is 1. The minimum absolute atomic E-state index is 0.0248. The van der Waals surface area contributed by atoms with Crippen LogP contribution in [0.25, 0.3) is 5.65 Å². The van der Waals surface area contributed by atoms with E-state index in [-0.39, 0.29) is 17.7 Å². The Labute approximate surface area is 147 Å². The third kappa shape index (κ3) is 2.90. The fraction of sp³-hybridized carbons (Fsp3) is 0.526. The summed E-state index contributed by atoms with van der Waals surface area (Å²) in [5.74, 6) is 0.351. The van der Waals surface area contributed by atoms with Gasteiger partial charge in [-0.1, -0.05) is 6.07 Å². The first-order valence-corrected chi connectivity index (χ1v) is 9.03. The predicted octanol–water partition coefficient (Wildman–Crippen LogP) is 1.44. The van der Waals surface area contributed by atoms with Crippen molar-refractivity contribution in [2.24, 2.45) is 5.92 Å². The number of carbonyl (C=O) groups is 2. The average molecular weight is 340 g/mol. The molecule has 132 valence electrons. The Balaban J connectivity index is 1.50. The number of hydrogen-bond donors (Lipinski definition) is 0. The highest BCUT2D eigenvalue weighted by molar-refractivity contribution is 5.80. The first-order valence-electron chi connectivity index (χ1n) is 9.03. The van der Waals surface area contributed by atoms with Gasteiger partial charge in [-0.05, 0) is 31.4 Å². The second-order valence-electron chi connectivity index (χ2n) is 7.21. The van der Waals surface area contributed by atoms with Crippen molar-refractivity contribution in [1.82, 2.24) is 19.2 Å². The first-order chi connectivity index (χ1) is 12.0. The smallest absolute Gasteiger partial charge is 0.226 e. The molecule has 2 aromatic heterocycles. The molecule has 1 aliphatic carbocycles. The molecule has 6 nitrogen and oxygen atoms in total. The SMILES string of the molecule is CC(=O)N1CCN(C(=O)C2CCc3nc4ccc(C)cn4c3C2)CC1. The van der Waals surface area contributed by atoms with Gasteiger partial charge in [-0.15, -0.1) is 0 Å². The second kappa shape index (κ2) is 6.17. The van der Waals surface area contributed by atoms with E-state index in [1.165, 1.54) is 11.3 Å². The fourth-order valence-electron chi connectivity index (χ4n) is 4.02. The van der Waals surface area contributed by atoms with E-state index in [0.717, 1.165) is 30.6 Å². The van der Waals surface area contributed by atoms with Crippen LogP contribution in [-0.2, 0) is 22.4 Å². The summed E-state index contributed by atoms with van der Waals surface area (Å²) < 4.78 is 2.15. The molecule has 0 bridgehead atoms. The van der Waals surface area contributed by atoms with E-state index in [2.05, 4.69) is 23.6 Å². The van der Waals surface area contributed by atoms with Crippen LogP contribution in [0.1, 0.15) is 30.3 Å². The Morgan fingerprint density at radius 2 is 1.84 bits per heavy atom. The molecule has 0 saturated carbocycles. The topological polar surface area (TPSA) is 57.9 Å². The number of aryl methyl sites for hydroxylation is 2. The number of carbonyl (C=O) groups excluding carboxylic acids is 2. The van der Waals surface area contributed by atoms with Gasteiger partial charge in [0.05, 0.1) is 5.69 Å². The molecule has 25 heavy (non-hydrogen) atoms. The molecule has 4 rings (SSSR count). The van der Waals surface area contributed by atoms with Crippen molar-refractivity contribution in [3.63, 3.8) is 0 Å². The van der Waals surface area contributed by atoms with Gasteiger partial charge >= 0.3 is 0 Å². The number of imidazole rings is 1. The third-order valence-electron chi connectivity index (χ3n) is 5.50. The molecule has 0 N–H and O–H groups in total. The summed E-state index contributed by atoms with van der Waals surface area (Å²) in [5.41, 5.74) is 4.49. The maximum atomic E-state index is 13.0. The molecule has 1 fully saturated rings. The molecule has 2 aromatic rings. The quantitative estimate of drug-likeness (QED) is 0.789. The molecule has 2 amide bonds. The molecule has 2 aliphatic rings. The van der Waals surface area contributed by atoms with Gasteiger partial charge in [-0.25, -0.2) is 4.98 Å². The van der Waals surface area contributed by atoms with Gasteiger partial charge in [-0.2, -0.15) is 0 Å². The van der Waals surface area contributed by atoms with Crippen molar-refractivity contribution in [3.05, 3.63) is 35.3 Å². The van der Waals surface area contributed by atoms with Crippen LogP contribution < -0.4 is 0 Å². The number of piperazine rings is 1. The van der Waals surface area contributed by atoms with Crippen LogP contribution in [0.15, 0.2) is 18.3 Å². The number of rotatable bonds is 1. The van der Waals surface area contributed by atoms with Gasteiger partial charge in [-0.3, -0.25) is 9.59 Å². The molecular weight excluding hydrogens is 316 g/mol. The summed E-state index contributed by atoms with van der Waals surface area (Å²) in [6.07, 6.45) is 4.59. The first kappa shape index (κ1) is 16.1. The molecule has 0 aromatic carbocycles. The average Bonchev–Trinajstić information content (AvgIpc) is 2.98. The molecule has 1 aliphatic heterocycles. The van der Waals surface area contributed by atoms with Crippen LogP contribution >= 0.6 is 0 Å². The highest BCUT2D eigenvalue weighted by Crippen LogP contribution is 2.28. The Morgan fingerprint density at radius 1 is 1.12 bits per heavy atom. The molecule has 3 heterocycles. The Hall–Kier alpha value is -2.37. The van der Waals surface area contributed by atoms with Gasteiger partial charge in [0.2, 0.25) is 11.8 Å². The Bertz CT molecular complexity index is 833. The number of hydrogen-bond acceptors (Lipinski definition) is 3. The van der Waals surface area contributed by atoms with Gasteiger partial charge in [0.1, 0.15) is 5.65 Å². The summed E-state index contributed by atoms with van der Waals surface area (Å²) in [7, 11) is 0. The molecule has 1 saturated heterocycles. The zero-order chi connectivity index (χ0) is 17.6. The largest absolute Gasteiger partial charge is 0.339 e. The lowest BCUT2D eigenvalue weighted by Gasteiger charge is -2.36. The van der Waals surface area contributed by atoms with Crippen LogP contribution in [-0.4, -0.2) is 57.2 Å². The van der Waals surface area contributed by atoms with Crippen LogP contribution in [0.2, 0.25) is 0 Å². The lowest BCUT2D eigenvalue weighted by Crippen LogP contribution is -2.52. The number of aromatic nitrogens is 2. The normalized spacial score (nSPS) is 20.6. The maximum absolute atomic E-state index is 13.0. The van der Waals surface area contributed by atoms with Crippen molar-refractivity contribution in [2.45, 2.75) is 33.1 Å². The maximum Gasteiger partial charge on any atom is 0.226 e. The monoisotopic (exact) mass is 340 g/mol. The third-order valence-corrected chi connectivity index (χ3v) is 5.50. The van der Waals surface area contributed by atoms with Gasteiger partial charge in [0.15, 0.2) is 0 Å². The van der Waals surface area contributed by atoms with E-state index >= 15 is 0 Å². The molecule has 0 spiro atoms. The van der Waals surface area contributed by atoms with Crippen LogP contribution in [0.5, 0.6) is 0 Å². The van der Waals surface area contributed by atoms with E-state index in [1.54, 1.807) is 6.92 Å². The van der Waals surface area contributed by atoms with Gasteiger partial charge < -0.3 is 14.2 Å². The number of amides is 2. The summed E-state index contributed by atoms with van der Waals surface area (Å²) in [5, 5.41) is 0. The van der Waals surface area contributed by atoms with Crippen LogP contribution in [0.3, 0.4) is 0 Å². The summed E-state index contributed by atoms with van der Waals surface area (Å²) >= 11 is 0. The minimum Gasteiger partial charge on any atom is -0.339 e. The van der Waals surface area contributed by atoms with Gasteiger partial charge in [0, 0.05) is 57.3 Å². The summed E-state index contributed by atoms with van der Waals surface area (Å²) in [6.45, 7) is 6.25. The second-order valence-corrected chi connectivity index (χ2v) is 7.21. The number of fused-ring (bicyclic) bond motifs is 3. The van der Waals surface area contributed by atoms with Crippen molar-refractivity contribution in [3.8, 4) is 0 Å². The van der Waals surface area contributed by atoms with Crippen molar-refractivity contribution in [1.29, 1.82) is 0 Å². The van der Waals surface area contributed by atoms with E-state index in [1.807, 2.05) is 15.9 Å². The molecular formula is C19H24N4O2. The molecule has 6 heteroatoms. The molecule has 0 radical (unpaired) electrons. The lowest BCUT2D eigenvalue weighted by molar-refractivity contribution is -0.141. The minimum atomic E-state index is 0.0248. The van der Waals surface area contributed by atoms with Crippen LogP contribution in [0, 0.1) is 12.8 Å². The molecule has 1 unspecified atom stereocenters. The Morgan fingerprint density at radius 3 is 2.56 bits per heavy atom. The summed E-state index contributed by atoms with van der Waals surface area (Å²) in [4.78, 5) is 32.9. The molecule has 1 atom stereocenters. The Kier molecular flexibility index (Phi) is 3.98. The number of nitrogens with zero attached hydrogens (tertiary/aromatic N) is 4. The van der Waals surface area contributed by atoms with Crippen molar-refractivity contribution in [2.75, 3.05) is 26.2 Å². The van der Waals surface area contributed by atoms with Crippen molar-refractivity contribution < 1.29 is 9.59 Å². The van der Waals surface area contributed by atoms with E-state index < -0.39 is 0 Å². The predicted molar refractivity (Wildman–Crippen MR) is 94.3 cm³/mol. The van der Waals surface area contributed by atoms with Crippen molar-refractivity contribution >= 4 is 17.5 Å². The van der Waals surface area contributed by atoms with E-state index in [0.29, 0.717) is 26.2 Å². The van der Waals surface area contributed by atoms with Gasteiger partial charge in [0.25, 0.3) is 0 Å². The standard InChI is InChI=1S/C19H24N4O2/c1-13-3-6-18-20-16-5-4-15(11-17(16)23(18)12-13)19(25)22-9-7-21(8-10-22)14(2)24/h3,6,12,15H,4-5,7-11H2,1-2H3. The highest BCUT2D eigenvalue weighted by atomic mass is 16.2.